The number of pyridine rings is 1. The van der Waals surface area contributed by atoms with Crippen molar-refractivity contribution in [2.75, 3.05) is 0 Å². The Labute approximate surface area is 382 Å². The quantitative estimate of drug-likeness (QED) is 0.112. The van der Waals surface area contributed by atoms with Crippen LogP contribution in [0.2, 0.25) is 19.6 Å². The maximum Gasteiger partial charge on any atom is 0.123 e. The molecule has 10 aromatic rings. The van der Waals surface area contributed by atoms with Crippen LogP contribution in [-0.4, -0.2) is 22.6 Å². The maximum absolute atomic E-state index is 14.0. The van der Waals surface area contributed by atoms with E-state index in [2.05, 4.69) is 170 Å². The van der Waals surface area contributed by atoms with E-state index >= 15 is 0 Å². The van der Waals surface area contributed by atoms with Gasteiger partial charge in [-0.2, -0.15) is 0 Å². The number of halogens is 1. The first-order valence-corrected chi connectivity index (χ1v) is 25.2. The molecule has 0 unspecified atom stereocenters. The van der Waals surface area contributed by atoms with Crippen LogP contribution in [-0.2, 0) is 26.5 Å². The monoisotopic (exact) mass is 1020 g/mol. The molecule has 309 valence electrons. The van der Waals surface area contributed by atoms with Crippen molar-refractivity contribution in [2.45, 2.75) is 39.9 Å². The Bertz CT molecular complexity index is 3080. The fourth-order valence-corrected chi connectivity index (χ4v) is 10.7. The number of rotatable bonds is 8. The standard InChI is InChI=1S/C37H22FN2S.C18H24NSi.Ir/c38-28-19-18-26-21-31-32(23-41-35(31)22-27(26)20-28)37-39-33-16-7-8-17-34(33)40(37)36-29(24-10-3-1-4-11-24)14-9-15-30(36)25-12-5-2-6-13-25;1-14(2)11-16-12-17(15-9-7-6-8-10-15)19-13-18(16)20(3,4)5;/h1-22H;6-9,12-14H,11H2,1-5H3;/q2*-1;. The average Bonchev–Trinajstić information content (AvgIpc) is 3.86. The van der Waals surface area contributed by atoms with Gasteiger partial charge in [-0.15, -0.1) is 41.3 Å². The summed E-state index contributed by atoms with van der Waals surface area (Å²) in [5.41, 5.74) is 12.1. The number of hydrogen-bond acceptors (Lipinski definition) is 3. The van der Waals surface area contributed by atoms with E-state index in [4.69, 9.17) is 4.98 Å². The molecule has 0 amide bonds. The molecule has 0 N–H and O–H groups in total. The van der Waals surface area contributed by atoms with Crippen molar-refractivity contribution in [3.05, 3.63) is 193 Å². The zero-order valence-electron chi connectivity index (χ0n) is 35.4. The molecule has 3 aromatic heterocycles. The van der Waals surface area contributed by atoms with Crippen molar-refractivity contribution < 1.29 is 24.5 Å². The number of imidazole rings is 1. The van der Waals surface area contributed by atoms with Gasteiger partial charge in [-0.05, 0) is 69.4 Å². The summed E-state index contributed by atoms with van der Waals surface area (Å²) in [6.45, 7) is 11.7. The van der Waals surface area contributed by atoms with Crippen molar-refractivity contribution in [1.82, 2.24) is 14.5 Å². The molecule has 0 spiro atoms. The molecule has 1 radical (unpaired) electrons. The van der Waals surface area contributed by atoms with Gasteiger partial charge in [0.15, 0.2) is 0 Å². The number of aromatic nitrogens is 3. The van der Waals surface area contributed by atoms with Crippen molar-refractivity contribution in [1.29, 1.82) is 0 Å². The van der Waals surface area contributed by atoms with Crippen LogP contribution in [0.3, 0.4) is 0 Å². The first-order valence-electron chi connectivity index (χ1n) is 20.8. The van der Waals surface area contributed by atoms with Crippen LogP contribution in [0.4, 0.5) is 4.39 Å². The predicted molar refractivity (Wildman–Crippen MR) is 259 cm³/mol. The van der Waals surface area contributed by atoms with E-state index < -0.39 is 8.07 Å². The molecule has 0 aliphatic heterocycles. The van der Waals surface area contributed by atoms with E-state index in [9.17, 15) is 4.39 Å². The Morgan fingerprint density at radius 2 is 1.39 bits per heavy atom. The van der Waals surface area contributed by atoms with E-state index in [0.717, 1.165) is 88.9 Å². The molecule has 0 fully saturated rings. The molecule has 7 heteroatoms. The molecule has 0 atom stereocenters. The molecule has 0 aliphatic carbocycles. The van der Waals surface area contributed by atoms with Crippen molar-refractivity contribution in [3.8, 4) is 50.6 Å². The van der Waals surface area contributed by atoms with Crippen LogP contribution in [0, 0.1) is 23.2 Å². The summed E-state index contributed by atoms with van der Waals surface area (Å²) in [7, 11) is -1.34. The van der Waals surface area contributed by atoms with Gasteiger partial charge in [-0.1, -0.05) is 170 Å². The van der Waals surface area contributed by atoms with Crippen LogP contribution in [0.25, 0.3) is 82.5 Å². The molecule has 62 heavy (non-hydrogen) atoms. The molecule has 7 aromatic carbocycles. The largest absolute Gasteiger partial charge is 0.332 e. The van der Waals surface area contributed by atoms with Gasteiger partial charge < -0.3 is 9.55 Å². The minimum absolute atomic E-state index is 0. The van der Waals surface area contributed by atoms with Crippen molar-refractivity contribution in [2.24, 2.45) is 5.92 Å². The number of nitrogens with zero attached hydrogens (tertiary/aromatic N) is 3. The molecule has 0 saturated heterocycles. The molecule has 0 bridgehead atoms. The van der Waals surface area contributed by atoms with Crippen molar-refractivity contribution >= 4 is 56.5 Å². The molecule has 3 nitrogen and oxygen atoms in total. The summed E-state index contributed by atoms with van der Waals surface area (Å²) in [4.78, 5) is 9.91. The Balaban J connectivity index is 0.000000214. The van der Waals surface area contributed by atoms with Gasteiger partial charge in [0.2, 0.25) is 0 Å². The van der Waals surface area contributed by atoms with Gasteiger partial charge in [0.1, 0.15) is 5.82 Å². The summed E-state index contributed by atoms with van der Waals surface area (Å²) in [6, 6.07) is 58.6. The van der Waals surface area contributed by atoms with E-state index in [1.54, 1.807) is 17.4 Å². The van der Waals surface area contributed by atoms with Gasteiger partial charge in [-0.25, -0.2) is 4.39 Å². The summed E-state index contributed by atoms with van der Waals surface area (Å²) in [6.07, 6.45) is 3.24. The smallest absolute Gasteiger partial charge is 0.123 e. The van der Waals surface area contributed by atoms with Gasteiger partial charge in [0, 0.05) is 37.4 Å². The van der Waals surface area contributed by atoms with Crippen LogP contribution < -0.4 is 5.19 Å². The molecule has 3 heterocycles. The Kier molecular flexibility index (Phi) is 12.6. The third kappa shape index (κ3) is 8.77. The Hall–Kier alpha value is -5.82. The molecule has 0 aliphatic rings. The number of fused-ring (bicyclic) bond motifs is 3. The second-order valence-electron chi connectivity index (χ2n) is 17.0. The first kappa shape index (κ1) is 42.8. The van der Waals surface area contributed by atoms with E-state index in [-0.39, 0.29) is 25.9 Å². The van der Waals surface area contributed by atoms with Gasteiger partial charge in [0.05, 0.1) is 30.6 Å². The summed E-state index contributed by atoms with van der Waals surface area (Å²) >= 11 is 1.54. The van der Waals surface area contributed by atoms with E-state index in [1.807, 2.05) is 42.5 Å². The minimum Gasteiger partial charge on any atom is -0.332 e. The van der Waals surface area contributed by atoms with Gasteiger partial charge in [0.25, 0.3) is 0 Å². The molecular formula is C55H46FIrN3SSi-2. The summed E-state index contributed by atoms with van der Waals surface area (Å²) in [5.74, 6) is 1.27. The molecule has 10 rings (SSSR count). The second kappa shape index (κ2) is 18.3. The molecular weight excluding hydrogens is 974 g/mol. The topological polar surface area (TPSA) is 30.7 Å². The van der Waals surface area contributed by atoms with Crippen LogP contribution in [0.15, 0.2) is 170 Å². The maximum atomic E-state index is 14.0. The number of benzene rings is 7. The minimum atomic E-state index is -1.34. The van der Waals surface area contributed by atoms with Crippen LogP contribution >= 0.6 is 11.3 Å². The molecule has 0 saturated carbocycles. The second-order valence-corrected chi connectivity index (χ2v) is 22.8. The number of para-hydroxylation sites is 3. The zero-order valence-corrected chi connectivity index (χ0v) is 39.6. The van der Waals surface area contributed by atoms with E-state index in [0.29, 0.717) is 5.92 Å². The normalized spacial score (nSPS) is 11.5. The van der Waals surface area contributed by atoms with Gasteiger partial charge >= 0.3 is 0 Å². The summed E-state index contributed by atoms with van der Waals surface area (Å²) in [5, 5.41) is 8.00. The number of hydrogen-bond donors (Lipinski definition) is 0. The predicted octanol–water partition coefficient (Wildman–Crippen LogP) is 14.6. The fraction of sp³-hybridized carbons (Fsp3) is 0.127. The Morgan fingerprint density at radius 1 is 0.710 bits per heavy atom. The fourth-order valence-electron chi connectivity index (χ4n) is 8.24. The first-order chi connectivity index (χ1) is 29.6. The SMILES string of the molecule is CC(C)Cc1cc(-c2[c-]cccc2)ncc1[Si](C)(C)C.Fc1ccc2cc3c(-c4nc5ccccc5n4-c4c(-c5ccccc5)cccc4-c4ccccc4)[c-]sc3cc2c1.[Ir]. The van der Waals surface area contributed by atoms with Gasteiger partial charge in [-0.3, -0.25) is 16.3 Å². The third-order valence-electron chi connectivity index (χ3n) is 11.1. The van der Waals surface area contributed by atoms with Crippen LogP contribution in [0.1, 0.15) is 19.4 Å². The average molecular weight is 1020 g/mol. The third-order valence-corrected chi connectivity index (χ3v) is 14.0. The zero-order chi connectivity index (χ0) is 42.1. The Morgan fingerprint density at radius 3 is 2.05 bits per heavy atom. The van der Waals surface area contributed by atoms with Crippen LogP contribution in [0.5, 0.6) is 0 Å². The van der Waals surface area contributed by atoms with Crippen molar-refractivity contribution in [3.63, 3.8) is 0 Å². The summed E-state index contributed by atoms with van der Waals surface area (Å²) < 4.78 is 17.4. The van der Waals surface area contributed by atoms with E-state index in [1.165, 1.54) is 16.8 Å². The number of thiophene rings is 1.